The molecule has 4 nitrogen and oxygen atoms in total. The first-order valence-corrected chi connectivity index (χ1v) is 19.8. The van der Waals surface area contributed by atoms with E-state index in [1.807, 2.05) is 12.1 Å². The molecule has 0 bridgehead atoms. The van der Waals surface area contributed by atoms with Gasteiger partial charge < -0.3 is 8.85 Å². The molecule has 6 heteroatoms. The maximum Gasteiger partial charge on any atom is 0.185 e. The van der Waals surface area contributed by atoms with E-state index >= 15 is 0 Å². The molecule has 190 valence electrons. The second kappa shape index (κ2) is 8.67. The number of hydrogen-bond donors (Lipinski definition) is 0. The van der Waals surface area contributed by atoms with Crippen LogP contribution < -0.4 is 0 Å². The van der Waals surface area contributed by atoms with E-state index in [0.29, 0.717) is 12.8 Å². The molecule has 36 heavy (non-hydrogen) atoms. The Hall–Kier alpha value is -2.23. The first-order valence-electron chi connectivity index (χ1n) is 13.0. The first-order chi connectivity index (χ1) is 16.7. The van der Waals surface area contributed by atoms with Crippen LogP contribution in [0, 0.1) is 33.5 Å². The Morgan fingerprint density at radius 2 is 0.944 bits per heavy atom. The van der Waals surface area contributed by atoms with E-state index in [-0.39, 0.29) is 11.8 Å². The van der Waals surface area contributed by atoms with Crippen LogP contribution in [-0.4, -0.2) is 27.8 Å². The summed E-state index contributed by atoms with van der Waals surface area (Å²) in [6.07, 6.45) is 1.10. The molecule has 6 atom stereocenters. The SMILES string of the molecule is C[C@@]12[C@H](c3ccccc3)C[C@](C#N)(O[Si](C)(C)C)[C@]1(C)[C@H](c1ccccc1)C[C@@]2(C#N)O[Si](C)(C)C. The van der Waals surface area contributed by atoms with E-state index in [1.54, 1.807) is 0 Å². The monoisotopic (exact) mass is 516 g/mol. The molecule has 2 saturated carbocycles. The number of fused-ring (bicyclic) bond motifs is 1. The minimum absolute atomic E-state index is 0.0654. The third kappa shape index (κ3) is 3.82. The van der Waals surface area contributed by atoms with E-state index in [9.17, 15) is 10.5 Å². The average Bonchev–Trinajstić information content (AvgIpc) is 3.14. The molecule has 0 aliphatic heterocycles. The second-order valence-electron chi connectivity index (χ2n) is 13.0. The first kappa shape index (κ1) is 26.8. The highest BCUT2D eigenvalue weighted by molar-refractivity contribution is 6.70. The highest BCUT2D eigenvalue weighted by Crippen LogP contribution is 2.80. The standard InChI is InChI=1S/C30H40N2O2Si2/c1-27-25(23-15-11-9-12-16-23)19-30(22-32,34-36(6,7)8)28(27,2)26(24-17-13-10-14-18-24)20-29(27,21-31)33-35(3,4)5/h9-18,25-26H,19-20H2,1-8H3/t25-,26-,27+,28+,29-,30+/m0/s1. The Labute approximate surface area is 219 Å². The van der Waals surface area contributed by atoms with Gasteiger partial charge in [-0.25, -0.2) is 0 Å². The summed E-state index contributed by atoms with van der Waals surface area (Å²) in [5.41, 5.74) is -1.12. The van der Waals surface area contributed by atoms with Gasteiger partial charge >= 0.3 is 0 Å². The zero-order valence-corrected chi connectivity index (χ0v) is 25.1. The van der Waals surface area contributed by atoms with Crippen LogP contribution in [0.25, 0.3) is 0 Å². The fourth-order valence-electron chi connectivity index (χ4n) is 7.52. The lowest BCUT2D eigenvalue weighted by Gasteiger charge is -2.52. The fourth-order valence-corrected chi connectivity index (χ4v) is 10.3. The van der Waals surface area contributed by atoms with Gasteiger partial charge in [0.05, 0.1) is 12.1 Å². The van der Waals surface area contributed by atoms with Crippen LogP contribution in [0.5, 0.6) is 0 Å². The van der Waals surface area contributed by atoms with Gasteiger partial charge in [-0.15, -0.1) is 0 Å². The quantitative estimate of drug-likeness (QED) is 0.371. The summed E-state index contributed by atoms with van der Waals surface area (Å²) in [5, 5.41) is 22.1. The molecular weight excluding hydrogens is 477 g/mol. The Kier molecular flexibility index (Phi) is 6.46. The van der Waals surface area contributed by atoms with Gasteiger partial charge in [0.25, 0.3) is 0 Å². The molecular formula is C30H40N2O2Si2. The van der Waals surface area contributed by atoms with Crippen LogP contribution in [0.4, 0.5) is 0 Å². The normalized spacial score (nSPS) is 36.2. The molecule has 0 spiro atoms. The summed E-state index contributed by atoms with van der Waals surface area (Å²) in [6.45, 7) is 17.4. The van der Waals surface area contributed by atoms with Gasteiger partial charge in [-0.3, -0.25) is 0 Å². The molecule has 0 unspecified atom stereocenters. The fraction of sp³-hybridized carbons (Fsp3) is 0.533. The molecule has 2 aliphatic carbocycles. The highest BCUT2D eigenvalue weighted by atomic mass is 28.4. The van der Waals surface area contributed by atoms with E-state index in [4.69, 9.17) is 8.85 Å². The van der Waals surface area contributed by atoms with Crippen LogP contribution in [-0.2, 0) is 8.85 Å². The van der Waals surface area contributed by atoms with Crippen molar-refractivity contribution >= 4 is 16.6 Å². The van der Waals surface area contributed by atoms with Gasteiger partial charge in [0.2, 0.25) is 0 Å². The lowest BCUT2D eigenvalue weighted by molar-refractivity contribution is -0.0810. The highest BCUT2D eigenvalue weighted by Gasteiger charge is 2.82. The maximum atomic E-state index is 11.0. The number of hydrogen-bond acceptors (Lipinski definition) is 4. The Morgan fingerprint density at radius 1 is 0.639 bits per heavy atom. The third-order valence-corrected chi connectivity index (χ3v) is 10.8. The van der Waals surface area contributed by atoms with Crippen molar-refractivity contribution in [3.05, 3.63) is 71.8 Å². The van der Waals surface area contributed by atoms with Crippen LogP contribution in [0.15, 0.2) is 60.7 Å². The van der Waals surface area contributed by atoms with Gasteiger partial charge in [-0.2, -0.15) is 10.5 Å². The van der Waals surface area contributed by atoms with Gasteiger partial charge in [-0.05, 0) is 75.1 Å². The summed E-state index contributed by atoms with van der Waals surface area (Å²) >= 11 is 0. The summed E-state index contributed by atoms with van der Waals surface area (Å²) in [7, 11) is -4.31. The van der Waals surface area contributed by atoms with Crippen LogP contribution in [0.2, 0.25) is 39.3 Å². The molecule has 2 aromatic rings. The van der Waals surface area contributed by atoms with E-state index in [1.165, 1.54) is 0 Å². The van der Waals surface area contributed by atoms with Crippen molar-refractivity contribution in [1.82, 2.24) is 0 Å². The summed E-state index contributed by atoms with van der Waals surface area (Å²) in [5.74, 6) is -0.131. The van der Waals surface area contributed by atoms with Crippen molar-refractivity contribution in [2.75, 3.05) is 0 Å². The summed E-state index contributed by atoms with van der Waals surface area (Å²) < 4.78 is 14.0. The van der Waals surface area contributed by atoms with E-state index in [2.05, 4.69) is 114 Å². The topological polar surface area (TPSA) is 66.0 Å². The van der Waals surface area contributed by atoms with Gasteiger partial charge in [0.1, 0.15) is 0 Å². The lowest BCUT2D eigenvalue weighted by atomic mass is 9.55. The maximum absolute atomic E-state index is 11.0. The summed E-state index contributed by atoms with van der Waals surface area (Å²) in [4.78, 5) is 0. The average molecular weight is 517 g/mol. The van der Waals surface area contributed by atoms with E-state index in [0.717, 1.165) is 11.1 Å². The second-order valence-corrected chi connectivity index (χ2v) is 21.9. The van der Waals surface area contributed by atoms with Crippen molar-refractivity contribution in [1.29, 1.82) is 10.5 Å². The molecule has 0 radical (unpaired) electrons. The Morgan fingerprint density at radius 3 is 1.19 bits per heavy atom. The minimum atomic E-state index is -2.16. The van der Waals surface area contributed by atoms with Gasteiger partial charge in [-0.1, -0.05) is 74.5 Å². The molecule has 0 aromatic heterocycles. The minimum Gasteiger partial charge on any atom is -0.399 e. The number of benzene rings is 2. The van der Waals surface area contributed by atoms with Crippen molar-refractivity contribution in [2.24, 2.45) is 10.8 Å². The number of nitrogens with zero attached hydrogens (tertiary/aromatic N) is 2. The predicted octanol–water partition coefficient (Wildman–Crippen LogP) is 7.60. The molecule has 0 N–H and O–H groups in total. The lowest BCUT2D eigenvalue weighted by Crippen LogP contribution is -2.59. The molecule has 0 heterocycles. The van der Waals surface area contributed by atoms with Crippen LogP contribution in [0.1, 0.15) is 49.7 Å². The van der Waals surface area contributed by atoms with Crippen LogP contribution >= 0.6 is 0 Å². The smallest absolute Gasteiger partial charge is 0.185 e. The van der Waals surface area contributed by atoms with E-state index < -0.39 is 38.7 Å². The van der Waals surface area contributed by atoms with Crippen molar-refractivity contribution in [3.63, 3.8) is 0 Å². The predicted molar refractivity (Wildman–Crippen MR) is 149 cm³/mol. The largest absolute Gasteiger partial charge is 0.399 e. The van der Waals surface area contributed by atoms with Gasteiger partial charge in [0.15, 0.2) is 27.8 Å². The zero-order valence-electron chi connectivity index (χ0n) is 23.1. The van der Waals surface area contributed by atoms with Gasteiger partial charge in [0, 0.05) is 10.8 Å². The Balaban J connectivity index is 2.10. The number of nitriles is 2. The van der Waals surface area contributed by atoms with Crippen molar-refractivity contribution in [3.8, 4) is 12.1 Å². The van der Waals surface area contributed by atoms with Crippen molar-refractivity contribution < 1.29 is 8.85 Å². The third-order valence-electron chi connectivity index (χ3n) is 8.86. The molecule has 2 fully saturated rings. The summed E-state index contributed by atoms with van der Waals surface area (Å²) in [6, 6.07) is 26.3. The van der Waals surface area contributed by atoms with Crippen LogP contribution in [0.3, 0.4) is 0 Å². The zero-order chi connectivity index (χ0) is 26.6. The molecule has 2 aliphatic rings. The Bertz CT molecular complexity index is 1100. The molecule has 0 amide bonds. The molecule has 4 rings (SSSR count). The molecule has 2 aromatic carbocycles. The van der Waals surface area contributed by atoms with Crippen molar-refractivity contribution in [2.45, 2.75) is 89.0 Å². The number of rotatable bonds is 6. The molecule has 0 saturated heterocycles.